The Balaban J connectivity index is 1.86. The van der Waals surface area contributed by atoms with Crippen molar-refractivity contribution in [2.24, 2.45) is 10.2 Å². The Morgan fingerprint density at radius 3 is 1.74 bits per heavy atom. The molecule has 208 valence electrons. The van der Waals surface area contributed by atoms with E-state index < -0.39 is 53.7 Å². The molecule has 1 N–H and O–H groups in total. The van der Waals surface area contributed by atoms with Crippen molar-refractivity contribution < 1.29 is 48.0 Å². The van der Waals surface area contributed by atoms with Crippen molar-refractivity contribution >= 4 is 47.0 Å². The largest absolute Gasteiger partial charge is 0.508 e. The topological polar surface area (TPSA) is 159 Å². The summed E-state index contributed by atoms with van der Waals surface area (Å²) in [5.74, 6) is -2.53. The van der Waals surface area contributed by atoms with Crippen molar-refractivity contribution in [3.8, 4) is 5.75 Å². The molecule has 1 saturated heterocycles. The molecule has 0 amide bonds. The van der Waals surface area contributed by atoms with Crippen LogP contribution in [0.5, 0.6) is 5.75 Å². The third kappa shape index (κ3) is 9.07. The van der Waals surface area contributed by atoms with Gasteiger partial charge in [0.2, 0.25) is 0 Å². The number of phenols is 1. The minimum atomic E-state index is -1.24. The van der Waals surface area contributed by atoms with Crippen LogP contribution in [0, 0.1) is 0 Å². The Morgan fingerprint density at radius 2 is 1.23 bits per heavy atom. The van der Waals surface area contributed by atoms with Gasteiger partial charge >= 0.3 is 23.9 Å². The van der Waals surface area contributed by atoms with Gasteiger partial charge in [0.1, 0.15) is 23.9 Å². The second-order valence-electron chi connectivity index (χ2n) is 8.40. The summed E-state index contributed by atoms with van der Waals surface area (Å²) in [6, 6.07) is 13.1. The maximum Gasteiger partial charge on any atom is 0.303 e. The average molecular weight is 561 g/mol. The summed E-state index contributed by atoms with van der Waals surface area (Å²) in [6.45, 7) is 4.43. The Hall–Kier alpha value is -3.97. The summed E-state index contributed by atoms with van der Waals surface area (Å²) >= 11 is 1.16. The van der Waals surface area contributed by atoms with E-state index in [1.54, 1.807) is 36.4 Å². The van der Waals surface area contributed by atoms with Crippen LogP contribution >= 0.6 is 11.8 Å². The number of ether oxygens (including phenoxy) is 5. The van der Waals surface area contributed by atoms with Crippen molar-refractivity contribution in [3.05, 3.63) is 48.5 Å². The number of azo groups is 1. The fraction of sp³-hybridized carbons (Fsp3) is 0.385. The van der Waals surface area contributed by atoms with Crippen LogP contribution in [-0.2, 0) is 42.9 Å². The highest BCUT2D eigenvalue weighted by Crippen LogP contribution is 2.38. The molecule has 39 heavy (non-hydrogen) atoms. The number of hydrogen-bond acceptors (Lipinski definition) is 13. The molecule has 0 aromatic heterocycles. The lowest BCUT2D eigenvalue weighted by Crippen LogP contribution is -2.61. The number of phenolic OH excluding ortho intramolecular Hbond substituents is 1. The highest BCUT2D eigenvalue weighted by Gasteiger charge is 2.52. The average Bonchev–Trinajstić information content (AvgIpc) is 2.86. The van der Waals surface area contributed by atoms with Crippen LogP contribution < -0.4 is 0 Å². The minimum absolute atomic E-state index is 0.123. The molecule has 1 heterocycles. The van der Waals surface area contributed by atoms with Gasteiger partial charge in [-0.05, 0) is 48.5 Å². The van der Waals surface area contributed by atoms with Gasteiger partial charge in [0.25, 0.3) is 0 Å². The van der Waals surface area contributed by atoms with E-state index in [2.05, 4.69) is 10.2 Å². The molecule has 0 unspecified atom stereocenters. The van der Waals surface area contributed by atoms with Gasteiger partial charge in [-0.1, -0.05) is 11.8 Å². The molecule has 1 aliphatic rings. The van der Waals surface area contributed by atoms with Crippen LogP contribution in [0.15, 0.2) is 63.7 Å². The van der Waals surface area contributed by atoms with Gasteiger partial charge in [0, 0.05) is 32.6 Å². The first-order valence-corrected chi connectivity index (χ1v) is 12.7. The summed E-state index contributed by atoms with van der Waals surface area (Å²) in [4.78, 5) is 47.9. The molecule has 2 aromatic carbocycles. The normalized spacial score (nSPS) is 22.6. The zero-order chi connectivity index (χ0) is 28.5. The fourth-order valence-electron chi connectivity index (χ4n) is 3.64. The van der Waals surface area contributed by atoms with Gasteiger partial charge in [-0.25, -0.2) is 0 Å². The van der Waals surface area contributed by atoms with E-state index >= 15 is 0 Å². The van der Waals surface area contributed by atoms with E-state index in [1.807, 2.05) is 0 Å². The van der Waals surface area contributed by atoms with Crippen LogP contribution in [-0.4, -0.2) is 65.4 Å². The first-order valence-electron chi connectivity index (χ1n) is 11.8. The van der Waals surface area contributed by atoms with Crippen LogP contribution in [0.4, 0.5) is 11.4 Å². The van der Waals surface area contributed by atoms with Crippen LogP contribution in [0.25, 0.3) is 0 Å². The maximum absolute atomic E-state index is 12.0. The third-order valence-corrected chi connectivity index (χ3v) is 6.32. The smallest absolute Gasteiger partial charge is 0.303 e. The molecular formula is C26H28N2O10S. The number of benzene rings is 2. The first-order chi connectivity index (χ1) is 18.5. The molecule has 13 heteroatoms. The molecule has 1 aliphatic heterocycles. The van der Waals surface area contributed by atoms with Gasteiger partial charge < -0.3 is 28.8 Å². The fourth-order valence-corrected chi connectivity index (χ4v) is 4.75. The Morgan fingerprint density at radius 1 is 0.744 bits per heavy atom. The van der Waals surface area contributed by atoms with Crippen molar-refractivity contribution in [3.63, 3.8) is 0 Å². The molecule has 5 atom stereocenters. The number of thioether (sulfide) groups is 1. The zero-order valence-corrected chi connectivity index (χ0v) is 22.5. The predicted octanol–water partition coefficient (Wildman–Crippen LogP) is 3.98. The van der Waals surface area contributed by atoms with E-state index in [-0.39, 0.29) is 12.4 Å². The van der Waals surface area contributed by atoms with Crippen LogP contribution in [0.3, 0.4) is 0 Å². The highest BCUT2D eigenvalue weighted by atomic mass is 32.2. The molecule has 2 aromatic rings. The van der Waals surface area contributed by atoms with Gasteiger partial charge in [0.05, 0.1) is 11.4 Å². The van der Waals surface area contributed by atoms with Gasteiger partial charge in [-0.15, -0.1) is 0 Å². The molecule has 1 fully saturated rings. The summed E-state index contributed by atoms with van der Waals surface area (Å²) in [6.07, 6.45) is -4.64. The monoisotopic (exact) mass is 560 g/mol. The van der Waals surface area contributed by atoms with Gasteiger partial charge in [-0.2, -0.15) is 10.2 Å². The standard InChI is InChI=1S/C26H28N2O10S/c1-14(29)34-13-22-23(35-15(2)30)24(36-16(3)31)25(37-17(4)32)26(38-22)39-21-11-7-19(8-12-21)28-27-18-5-9-20(33)10-6-18/h5-12,22-26,33H,13H2,1-4H3/t22-,23+,24+,25-,26+/m1/s1. The van der Waals surface area contributed by atoms with Crippen molar-refractivity contribution in [1.29, 1.82) is 0 Å². The van der Waals surface area contributed by atoms with Gasteiger partial charge in [0.15, 0.2) is 18.3 Å². The lowest BCUT2D eigenvalue weighted by molar-refractivity contribution is -0.237. The zero-order valence-electron chi connectivity index (χ0n) is 21.6. The number of carbonyl (C=O) groups is 4. The van der Waals surface area contributed by atoms with E-state index in [4.69, 9.17) is 23.7 Å². The first kappa shape index (κ1) is 29.6. The number of aromatic hydroxyl groups is 1. The summed E-state index contributed by atoms with van der Waals surface area (Å²) in [7, 11) is 0. The van der Waals surface area contributed by atoms with Crippen molar-refractivity contribution in [1.82, 2.24) is 0 Å². The van der Waals surface area contributed by atoms with E-state index in [9.17, 15) is 24.3 Å². The minimum Gasteiger partial charge on any atom is -0.508 e. The molecule has 3 rings (SSSR count). The van der Waals surface area contributed by atoms with E-state index in [1.165, 1.54) is 32.9 Å². The van der Waals surface area contributed by atoms with Crippen LogP contribution in [0.2, 0.25) is 0 Å². The lowest BCUT2D eigenvalue weighted by atomic mass is 9.99. The summed E-state index contributed by atoms with van der Waals surface area (Å²) < 4.78 is 27.5. The summed E-state index contributed by atoms with van der Waals surface area (Å²) in [5.41, 5.74) is 0.174. The maximum atomic E-state index is 12.0. The number of nitrogens with zero attached hydrogens (tertiary/aromatic N) is 2. The number of esters is 4. The Bertz CT molecular complexity index is 1200. The number of rotatable bonds is 9. The molecule has 0 aliphatic carbocycles. The molecule has 12 nitrogen and oxygen atoms in total. The van der Waals surface area contributed by atoms with E-state index in [0.717, 1.165) is 18.7 Å². The van der Waals surface area contributed by atoms with Crippen LogP contribution in [0.1, 0.15) is 27.7 Å². The quantitative estimate of drug-likeness (QED) is 0.268. The third-order valence-electron chi connectivity index (χ3n) is 5.17. The number of carbonyl (C=O) groups excluding carboxylic acids is 4. The molecule has 0 bridgehead atoms. The highest BCUT2D eigenvalue weighted by molar-refractivity contribution is 7.99. The second-order valence-corrected chi connectivity index (χ2v) is 9.57. The van der Waals surface area contributed by atoms with E-state index in [0.29, 0.717) is 16.3 Å². The Kier molecular flexibility index (Phi) is 10.4. The SMILES string of the molecule is CC(=O)OC[C@H]1O[C@@H](Sc2ccc(N=Nc3ccc(O)cc3)cc2)[C@H](OC(C)=O)[C@@H](OC(C)=O)[C@H]1OC(C)=O. The Labute approximate surface area is 228 Å². The molecule has 0 saturated carbocycles. The van der Waals surface area contributed by atoms with Crippen molar-refractivity contribution in [2.75, 3.05) is 6.61 Å². The molecule has 0 radical (unpaired) electrons. The second kappa shape index (κ2) is 13.7. The molecular weight excluding hydrogens is 532 g/mol. The predicted molar refractivity (Wildman–Crippen MR) is 137 cm³/mol. The van der Waals surface area contributed by atoms with Gasteiger partial charge in [-0.3, -0.25) is 19.2 Å². The molecule has 0 spiro atoms. The lowest BCUT2D eigenvalue weighted by Gasteiger charge is -2.44. The summed E-state index contributed by atoms with van der Waals surface area (Å²) in [5, 5.41) is 17.7. The van der Waals surface area contributed by atoms with Crippen molar-refractivity contribution in [2.45, 2.75) is 62.4 Å². The number of hydrogen-bond donors (Lipinski definition) is 1.